The normalized spacial score (nSPS) is 12.4. The Bertz CT molecular complexity index is 1440. The lowest BCUT2D eigenvalue weighted by molar-refractivity contribution is 0.127. The van der Waals surface area contributed by atoms with Crippen molar-refractivity contribution in [2.24, 2.45) is 0 Å². The van der Waals surface area contributed by atoms with Crippen molar-refractivity contribution in [2.75, 3.05) is 24.5 Å². The van der Waals surface area contributed by atoms with E-state index >= 15 is 4.39 Å². The van der Waals surface area contributed by atoms with Crippen LogP contribution < -0.4 is 9.04 Å². The molecule has 0 bridgehead atoms. The van der Waals surface area contributed by atoms with Gasteiger partial charge < -0.3 is 14.5 Å². The number of rotatable bonds is 11. The molecule has 1 unspecified atom stereocenters. The number of halogens is 3. The summed E-state index contributed by atoms with van der Waals surface area (Å²) in [4.78, 5) is 16.1. The minimum Gasteiger partial charge on any atom is -0.491 e. The number of carbonyl (C=O) groups is 1. The molecule has 3 aromatic carbocycles. The van der Waals surface area contributed by atoms with Crippen molar-refractivity contribution >= 4 is 33.3 Å². The molecule has 0 aliphatic heterocycles. The van der Waals surface area contributed by atoms with Crippen LogP contribution in [0.4, 0.5) is 19.3 Å². The van der Waals surface area contributed by atoms with Gasteiger partial charge in [0.25, 0.3) is 10.0 Å². The average Bonchev–Trinajstić information content (AvgIpc) is 2.90. The summed E-state index contributed by atoms with van der Waals surface area (Å²) in [6, 6.07) is 13.7. The topological polar surface area (TPSA) is 70.2 Å². The van der Waals surface area contributed by atoms with Crippen LogP contribution in [-0.2, 0) is 10.0 Å². The van der Waals surface area contributed by atoms with Crippen LogP contribution in [0, 0.1) is 11.6 Å². The first-order chi connectivity index (χ1) is 19.2. The third-order valence-electron chi connectivity index (χ3n) is 6.58. The fourth-order valence-corrected chi connectivity index (χ4v) is 6.39. The van der Waals surface area contributed by atoms with Gasteiger partial charge in [-0.1, -0.05) is 29.8 Å². The number of sulfonamides is 1. The zero-order chi connectivity index (χ0) is 30.5. The monoisotopic (exact) mass is 607 g/mol. The van der Waals surface area contributed by atoms with Crippen LogP contribution in [0.5, 0.6) is 5.75 Å². The molecule has 0 spiro atoms. The fraction of sp³-hybridized carbons (Fsp3) is 0.367. The molecule has 11 heteroatoms. The Morgan fingerprint density at radius 3 is 2.15 bits per heavy atom. The second kappa shape index (κ2) is 13.5. The van der Waals surface area contributed by atoms with Gasteiger partial charge in [-0.05, 0) is 77.1 Å². The number of anilines is 1. The first kappa shape index (κ1) is 32.1. The number of carbonyl (C=O) groups excluding carboxylic acids is 1. The molecule has 3 rings (SSSR count). The molecule has 41 heavy (non-hydrogen) atoms. The third-order valence-corrected chi connectivity index (χ3v) is 8.73. The number of likely N-dealkylation sites (N-methyl/N-ethyl adjacent to an activating group) is 1. The number of ether oxygens (including phenoxy) is 1. The molecular formula is C30H36ClF2N3O4S. The highest BCUT2D eigenvalue weighted by Gasteiger charge is 2.34. The van der Waals surface area contributed by atoms with E-state index in [9.17, 15) is 17.6 Å². The molecule has 0 aliphatic carbocycles. The van der Waals surface area contributed by atoms with E-state index in [1.807, 2.05) is 27.7 Å². The maximum Gasteiger partial charge on any atom is 0.320 e. The standard InChI is InChI=1S/C30H36ClF2N3O4S/c1-20(2)35(21(3)4)30(37)34(6)17-18-40-29-10-8-7-9-26(29)22(5)36(28-19-24(32)13-16-27(28)33)41(38,39)25-14-11-23(31)12-15-25/h7-16,19-22H,17-18H2,1-6H3. The van der Waals surface area contributed by atoms with Crippen LogP contribution in [-0.4, -0.2) is 56.5 Å². The molecule has 0 aromatic heterocycles. The molecule has 0 saturated carbocycles. The third kappa shape index (κ3) is 7.48. The number of amides is 2. The lowest BCUT2D eigenvalue weighted by Gasteiger charge is -2.34. The summed E-state index contributed by atoms with van der Waals surface area (Å²) in [7, 11) is -2.71. The van der Waals surface area contributed by atoms with Gasteiger partial charge in [0.2, 0.25) is 0 Å². The molecular weight excluding hydrogens is 572 g/mol. The summed E-state index contributed by atoms with van der Waals surface area (Å²) in [6.07, 6.45) is 0. The Balaban J connectivity index is 1.95. The maximum atomic E-state index is 15.1. The van der Waals surface area contributed by atoms with Gasteiger partial charge in [-0.2, -0.15) is 0 Å². The minimum absolute atomic E-state index is 0.0178. The first-order valence-corrected chi connectivity index (χ1v) is 15.1. The van der Waals surface area contributed by atoms with E-state index in [0.717, 1.165) is 22.5 Å². The van der Waals surface area contributed by atoms with Gasteiger partial charge in [0.1, 0.15) is 24.0 Å². The van der Waals surface area contributed by atoms with Crippen molar-refractivity contribution in [3.05, 3.63) is 89.0 Å². The smallest absolute Gasteiger partial charge is 0.320 e. The van der Waals surface area contributed by atoms with Crippen molar-refractivity contribution in [3.63, 3.8) is 0 Å². The minimum atomic E-state index is -4.39. The molecule has 2 amide bonds. The summed E-state index contributed by atoms with van der Waals surface area (Å²) in [5, 5.41) is 0.326. The Hall–Kier alpha value is -3.37. The van der Waals surface area contributed by atoms with Crippen molar-refractivity contribution in [3.8, 4) is 5.75 Å². The summed E-state index contributed by atoms with van der Waals surface area (Å²) in [5.74, 6) is -1.35. The van der Waals surface area contributed by atoms with E-state index in [2.05, 4.69) is 0 Å². The Morgan fingerprint density at radius 2 is 1.54 bits per heavy atom. The fourth-order valence-electron chi connectivity index (χ4n) is 4.63. The van der Waals surface area contributed by atoms with Gasteiger partial charge in [-0.15, -0.1) is 0 Å². The van der Waals surface area contributed by atoms with Gasteiger partial charge in [0, 0.05) is 35.8 Å². The van der Waals surface area contributed by atoms with E-state index in [1.54, 1.807) is 48.0 Å². The van der Waals surface area contributed by atoms with Crippen LogP contribution in [0.25, 0.3) is 0 Å². The Morgan fingerprint density at radius 1 is 0.927 bits per heavy atom. The Kier molecular flexibility index (Phi) is 10.6. The van der Waals surface area contributed by atoms with Gasteiger partial charge in [0.05, 0.1) is 23.2 Å². The van der Waals surface area contributed by atoms with Crippen molar-refractivity contribution in [1.29, 1.82) is 0 Å². The summed E-state index contributed by atoms with van der Waals surface area (Å²) in [6.45, 7) is 9.75. The summed E-state index contributed by atoms with van der Waals surface area (Å²) >= 11 is 5.96. The van der Waals surface area contributed by atoms with Crippen LogP contribution in [0.3, 0.4) is 0 Å². The second-order valence-electron chi connectivity index (χ2n) is 10.2. The second-order valence-corrected chi connectivity index (χ2v) is 12.5. The van der Waals surface area contributed by atoms with Crippen molar-refractivity contribution in [1.82, 2.24) is 9.80 Å². The molecule has 7 nitrogen and oxygen atoms in total. The molecule has 1 atom stereocenters. The molecule has 0 aliphatic rings. The van der Waals surface area contributed by atoms with Gasteiger partial charge in [0.15, 0.2) is 0 Å². The molecule has 222 valence electrons. The van der Waals surface area contributed by atoms with Crippen LogP contribution >= 0.6 is 11.6 Å². The summed E-state index contributed by atoms with van der Waals surface area (Å²) in [5.41, 5.74) is -0.0243. The summed E-state index contributed by atoms with van der Waals surface area (Å²) < 4.78 is 64.0. The Labute approximate surface area is 246 Å². The van der Waals surface area contributed by atoms with Crippen molar-refractivity contribution < 1.29 is 26.7 Å². The lowest BCUT2D eigenvalue weighted by atomic mass is 10.1. The van der Waals surface area contributed by atoms with Crippen LogP contribution in [0.15, 0.2) is 71.6 Å². The average molecular weight is 608 g/mol. The largest absolute Gasteiger partial charge is 0.491 e. The van der Waals surface area contributed by atoms with E-state index in [4.69, 9.17) is 16.3 Å². The lowest BCUT2D eigenvalue weighted by Crippen LogP contribution is -2.49. The van der Waals surface area contributed by atoms with Crippen LogP contribution in [0.1, 0.15) is 46.2 Å². The molecule has 3 aromatic rings. The molecule has 0 saturated heterocycles. The van der Waals surface area contributed by atoms with E-state index in [-0.39, 0.29) is 36.2 Å². The molecule has 0 heterocycles. The number of para-hydroxylation sites is 1. The number of hydrogen-bond acceptors (Lipinski definition) is 4. The SMILES string of the molecule is CC(C)N(C(=O)N(C)CCOc1ccccc1C(C)N(c1cc(F)ccc1F)S(=O)(=O)c1ccc(Cl)cc1)C(C)C. The van der Waals surface area contributed by atoms with E-state index in [1.165, 1.54) is 24.3 Å². The highest BCUT2D eigenvalue weighted by atomic mass is 35.5. The quantitative estimate of drug-likeness (QED) is 0.233. The highest BCUT2D eigenvalue weighted by molar-refractivity contribution is 7.92. The zero-order valence-corrected chi connectivity index (χ0v) is 25.6. The molecule has 0 N–H and O–H groups in total. The predicted molar refractivity (Wildman–Crippen MR) is 158 cm³/mol. The predicted octanol–water partition coefficient (Wildman–Crippen LogP) is 7.12. The molecule has 0 fully saturated rings. The highest BCUT2D eigenvalue weighted by Crippen LogP contribution is 2.38. The molecule has 0 radical (unpaired) electrons. The van der Waals surface area contributed by atoms with Gasteiger partial charge in [-0.3, -0.25) is 4.31 Å². The van der Waals surface area contributed by atoms with Gasteiger partial charge >= 0.3 is 6.03 Å². The van der Waals surface area contributed by atoms with Gasteiger partial charge in [-0.25, -0.2) is 22.0 Å². The van der Waals surface area contributed by atoms with E-state index < -0.39 is 33.4 Å². The maximum absolute atomic E-state index is 15.1. The number of nitrogens with zero attached hydrogens (tertiary/aromatic N) is 3. The van der Waals surface area contributed by atoms with Crippen LogP contribution in [0.2, 0.25) is 5.02 Å². The van der Waals surface area contributed by atoms with Crippen molar-refractivity contribution in [2.45, 2.75) is 57.6 Å². The van der Waals surface area contributed by atoms with E-state index in [0.29, 0.717) is 16.3 Å². The zero-order valence-electron chi connectivity index (χ0n) is 24.0. The first-order valence-electron chi connectivity index (χ1n) is 13.3. The number of hydrogen-bond donors (Lipinski definition) is 0. The number of urea groups is 1. The number of benzene rings is 3.